The number of carbonyl (C=O) groups is 1. The Morgan fingerprint density at radius 1 is 1.22 bits per heavy atom. The standard InChI is InChI=1S/C17H14N2O4/c1-11-13(6-4-8-15(11)19(22)23)17(21)18-9-12(10-20)14-5-2-3-7-16(14)18/h2-9,20H,10H2,1H3. The first-order valence-corrected chi connectivity index (χ1v) is 7.03. The summed E-state index contributed by atoms with van der Waals surface area (Å²) in [6, 6.07) is 11.7. The molecule has 0 aliphatic heterocycles. The van der Waals surface area contributed by atoms with Crippen LogP contribution in [0.15, 0.2) is 48.7 Å². The number of nitrogens with zero attached hydrogens (tertiary/aromatic N) is 2. The Morgan fingerprint density at radius 2 is 1.96 bits per heavy atom. The molecule has 0 aliphatic carbocycles. The molecule has 0 atom stereocenters. The van der Waals surface area contributed by atoms with Crippen LogP contribution >= 0.6 is 0 Å². The van der Waals surface area contributed by atoms with Crippen LogP contribution in [0.4, 0.5) is 5.69 Å². The molecule has 0 aliphatic rings. The van der Waals surface area contributed by atoms with Gasteiger partial charge in [-0.3, -0.25) is 19.5 Å². The van der Waals surface area contributed by atoms with E-state index in [4.69, 9.17) is 0 Å². The number of benzene rings is 2. The Labute approximate surface area is 131 Å². The summed E-state index contributed by atoms with van der Waals surface area (Å²) in [6.07, 6.45) is 1.57. The molecule has 2 aromatic carbocycles. The van der Waals surface area contributed by atoms with Crippen molar-refractivity contribution in [2.75, 3.05) is 0 Å². The van der Waals surface area contributed by atoms with Gasteiger partial charge in [0.2, 0.25) is 0 Å². The lowest BCUT2D eigenvalue weighted by atomic mass is 10.1. The molecule has 1 aromatic heterocycles. The van der Waals surface area contributed by atoms with Crippen molar-refractivity contribution >= 4 is 22.5 Å². The number of aliphatic hydroxyl groups is 1. The lowest BCUT2D eigenvalue weighted by Crippen LogP contribution is -2.13. The predicted octanol–water partition coefficient (Wildman–Crippen LogP) is 3.04. The minimum absolute atomic E-state index is 0.0882. The van der Waals surface area contributed by atoms with Crippen LogP contribution in [0.1, 0.15) is 21.5 Å². The van der Waals surface area contributed by atoms with Gasteiger partial charge in [-0.25, -0.2) is 0 Å². The van der Waals surface area contributed by atoms with Crippen molar-refractivity contribution in [3.63, 3.8) is 0 Å². The Bertz CT molecular complexity index is 927. The molecule has 0 bridgehead atoms. The summed E-state index contributed by atoms with van der Waals surface area (Å²) >= 11 is 0. The van der Waals surface area contributed by atoms with E-state index >= 15 is 0 Å². The first-order chi connectivity index (χ1) is 11.0. The molecule has 6 heteroatoms. The van der Waals surface area contributed by atoms with E-state index in [0.717, 1.165) is 5.39 Å². The van der Waals surface area contributed by atoms with Crippen molar-refractivity contribution in [2.24, 2.45) is 0 Å². The number of para-hydroxylation sites is 1. The highest BCUT2D eigenvalue weighted by molar-refractivity contribution is 6.04. The first kappa shape index (κ1) is 14.9. The van der Waals surface area contributed by atoms with Gasteiger partial charge in [-0.05, 0) is 19.1 Å². The van der Waals surface area contributed by atoms with Crippen LogP contribution in [0.5, 0.6) is 0 Å². The summed E-state index contributed by atoms with van der Waals surface area (Å²) in [5, 5.41) is 21.3. The van der Waals surface area contributed by atoms with Crippen LogP contribution in [0.3, 0.4) is 0 Å². The molecule has 1 N–H and O–H groups in total. The van der Waals surface area contributed by atoms with E-state index in [0.29, 0.717) is 16.6 Å². The fraction of sp³-hybridized carbons (Fsp3) is 0.118. The second kappa shape index (κ2) is 5.66. The van der Waals surface area contributed by atoms with Crippen LogP contribution < -0.4 is 0 Å². The summed E-state index contributed by atoms with van der Waals surface area (Å²) in [6.45, 7) is 1.37. The maximum atomic E-state index is 12.8. The van der Waals surface area contributed by atoms with Gasteiger partial charge in [0.05, 0.1) is 22.6 Å². The maximum absolute atomic E-state index is 12.8. The number of hydrogen-bond acceptors (Lipinski definition) is 4. The van der Waals surface area contributed by atoms with E-state index in [1.807, 2.05) is 12.1 Å². The summed E-state index contributed by atoms with van der Waals surface area (Å²) in [7, 11) is 0. The summed E-state index contributed by atoms with van der Waals surface area (Å²) in [5.41, 5.74) is 1.80. The number of carbonyl (C=O) groups excluding carboxylic acids is 1. The van der Waals surface area contributed by atoms with Gasteiger partial charge in [0.25, 0.3) is 11.6 Å². The number of rotatable bonds is 3. The van der Waals surface area contributed by atoms with Gasteiger partial charge in [0.15, 0.2) is 0 Å². The molecule has 0 saturated heterocycles. The summed E-state index contributed by atoms with van der Waals surface area (Å²) in [5.74, 6) is -0.359. The van der Waals surface area contributed by atoms with Crippen LogP contribution in [-0.2, 0) is 6.61 Å². The number of fused-ring (bicyclic) bond motifs is 1. The van der Waals surface area contributed by atoms with Crippen LogP contribution in [-0.4, -0.2) is 20.5 Å². The van der Waals surface area contributed by atoms with Crippen LogP contribution in [0.2, 0.25) is 0 Å². The lowest BCUT2D eigenvalue weighted by Gasteiger charge is -2.07. The quantitative estimate of drug-likeness (QED) is 0.595. The maximum Gasteiger partial charge on any atom is 0.273 e. The second-order valence-corrected chi connectivity index (χ2v) is 5.21. The molecule has 3 rings (SSSR count). The third kappa shape index (κ3) is 2.39. The fourth-order valence-corrected chi connectivity index (χ4v) is 2.73. The Kier molecular flexibility index (Phi) is 3.67. The van der Waals surface area contributed by atoms with Crippen LogP contribution in [0.25, 0.3) is 10.9 Å². The minimum atomic E-state index is -0.501. The molecule has 6 nitrogen and oxygen atoms in total. The predicted molar refractivity (Wildman–Crippen MR) is 85.4 cm³/mol. The molecule has 23 heavy (non-hydrogen) atoms. The molecule has 0 spiro atoms. The third-order valence-corrected chi connectivity index (χ3v) is 3.92. The molecular weight excluding hydrogens is 296 g/mol. The normalized spacial score (nSPS) is 10.9. The number of aliphatic hydroxyl groups excluding tert-OH is 1. The number of aromatic nitrogens is 1. The Morgan fingerprint density at radius 3 is 2.65 bits per heavy atom. The van der Waals surface area contributed by atoms with Gasteiger partial charge in [-0.15, -0.1) is 0 Å². The molecule has 0 saturated carbocycles. The van der Waals surface area contributed by atoms with E-state index in [9.17, 15) is 20.0 Å². The summed E-state index contributed by atoms with van der Waals surface area (Å²) < 4.78 is 1.42. The fourth-order valence-electron chi connectivity index (χ4n) is 2.73. The van der Waals surface area contributed by atoms with Crippen molar-refractivity contribution in [3.05, 3.63) is 75.5 Å². The van der Waals surface area contributed by atoms with Crippen molar-refractivity contribution in [2.45, 2.75) is 13.5 Å². The number of nitro groups is 1. The van der Waals surface area contributed by atoms with E-state index < -0.39 is 4.92 Å². The van der Waals surface area contributed by atoms with Gasteiger partial charge in [-0.1, -0.05) is 24.3 Å². The molecule has 3 aromatic rings. The average molecular weight is 310 g/mol. The molecule has 0 radical (unpaired) electrons. The largest absolute Gasteiger partial charge is 0.392 e. The molecule has 0 fully saturated rings. The van der Waals surface area contributed by atoms with Crippen molar-refractivity contribution in [1.82, 2.24) is 4.57 Å². The van der Waals surface area contributed by atoms with Gasteiger partial charge < -0.3 is 5.11 Å². The number of hydrogen-bond donors (Lipinski definition) is 1. The van der Waals surface area contributed by atoms with Crippen molar-refractivity contribution < 1.29 is 14.8 Å². The zero-order valence-corrected chi connectivity index (χ0v) is 12.4. The lowest BCUT2D eigenvalue weighted by molar-refractivity contribution is -0.385. The topological polar surface area (TPSA) is 85.4 Å². The van der Waals surface area contributed by atoms with Gasteiger partial charge >= 0.3 is 0 Å². The molecule has 116 valence electrons. The number of nitro benzene ring substituents is 1. The van der Waals surface area contributed by atoms with Gasteiger partial charge in [0.1, 0.15) is 0 Å². The highest BCUT2D eigenvalue weighted by atomic mass is 16.6. The third-order valence-electron chi connectivity index (χ3n) is 3.92. The first-order valence-electron chi connectivity index (χ1n) is 7.03. The van der Waals surface area contributed by atoms with Crippen LogP contribution in [0, 0.1) is 17.0 Å². The Balaban J connectivity index is 2.19. The average Bonchev–Trinajstić information content (AvgIpc) is 2.93. The van der Waals surface area contributed by atoms with E-state index in [1.165, 1.54) is 16.7 Å². The highest BCUT2D eigenvalue weighted by Gasteiger charge is 2.21. The second-order valence-electron chi connectivity index (χ2n) is 5.21. The van der Waals surface area contributed by atoms with E-state index in [2.05, 4.69) is 0 Å². The zero-order chi connectivity index (χ0) is 16.6. The van der Waals surface area contributed by atoms with Crippen molar-refractivity contribution in [3.8, 4) is 0 Å². The van der Waals surface area contributed by atoms with Gasteiger partial charge in [-0.2, -0.15) is 0 Å². The van der Waals surface area contributed by atoms with Gasteiger partial charge in [0, 0.05) is 28.8 Å². The van der Waals surface area contributed by atoms with E-state index in [1.54, 1.807) is 31.3 Å². The molecule has 1 heterocycles. The molecule has 0 amide bonds. The Hall–Kier alpha value is -2.99. The van der Waals surface area contributed by atoms with E-state index in [-0.39, 0.29) is 23.8 Å². The minimum Gasteiger partial charge on any atom is -0.392 e. The molecule has 0 unspecified atom stereocenters. The monoisotopic (exact) mass is 310 g/mol. The highest BCUT2D eigenvalue weighted by Crippen LogP contribution is 2.26. The smallest absolute Gasteiger partial charge is 0.273 e. The zero-order valence-electron chi connectivity index (χ0n) is 12.4. The van der Waals surface area contributed by atoms with Crippen molar-refractivity contribution in [1.29, 1.82) is 0 Å². The SMILES string of the molecule is Cc1c(C(=O)n2cc(CO)c3ccccc32)cccc1[N+](=O)[O-]. The molecular formula is C17H14N2O4. The summed E-state index contributed by atoms with van der Waals surface area (Å²) in [4.78, 5) is 23.4.